The predicted octanol–water partition coefficient (Wildman–Crippen LogP) is 4.51. The fraction of sp³-hybridized carbons (Fsp3) is 0.304. The van der Waals surface area contributed by atoms with Gasteiger partial charge in [-0.1, -0.05) is 24.3 Å². The number of nitrogens with two attached hydrogens (primary N) is 1. The highest BCUT2D eigenvalue weighted by molar-refractivity contribution is 8.00. The van der Waals surface area contributed by atoms with Crippen molar-refractivity contribution in [3.63, 3.8) is 0 Å². The molecule has 0 aliphatic heterocycles. The number of thioether (sulfide) groups is 1. The Hall–Kier alpha value is -3.13. The van der Waals surface area contributed by atoms with E-state index in [4.69, 9.17) is 5.73 Å². The number of rotatable bonds is 7. The number of amides is 1. The van der Waals surface area contributed by atoms with E-state index in [-0.39, 0.29) is 22.4 Å². The molecule has 8 heteroatoms. The lowest BCUT2D eigenvalue weighted by molar-refractivity contribution is -0.115. The Bertz CT molecular complexity index is 1070. The van der Waals surface area contributed by atoms with Gasteiger partial charge in [0, 0.05) is 11.4 Å². The van der Waals surface area contributed by atoms with Gasteiger partial charge in [-0.05, 0) is 68.5 Å². The molecule has 31 heavy (non-hydrogen) atoms. The second-order valence-corrected chi connectivity index (χ2v) is 9.30. The number of aryl methyl sites for hydroxylation is 2. The van der Waals surface area contributed by atoms with Crippen LogP contribution in [0.4, 0.5) is 23.3 Å². The molecule has 1 aliphatic carbocycles. The first-order valence-corrected chi connectivity index (χ1v) is 11.3. The lowest BCUT2D eigenvalue weighted by atomic mass is 10.1. The van der Waals surface area contributed by atoms with Gasteiger partial charge in [0.15, 0.2) is 0 Å². The summed E-state index contributed by atoms with van der Waals surface area (Å²) in [6.07, 6.45) is 3.40. The molecule has 0 spiro atoms. The van der Waals surface area contributed by atoms with E-state index < -0.39 is 0 Å². The van der Waals surface area contributed by atoms with Gasteiger partial charge in [0.05, 0.1) is 10.5 Å². The molecule has 160 valence electrons. The molecule has 2 aromatic carbocycles. The van der Waals surface area contributed by atoms with E-state index in [1.807, 2.05) is 50.2 Å². The van der Waals surface area contributed by atoms with Crippen LogP contribution < -0.4 is 16.4 Å². The molecule has 4 N–H and O–H groups in total. The number of benzene rings is 2. The highest BCUT2D eigenvalue weighted by Crippen LogP contribution is 2.31. The van der Waals surface area contributed by atoms with E-state index in [2.05, 4.69) is 37.7 Å². The molecule has 4 rings (SSSR count). The Balaban J connectivity index is 1.40. The zero-order chi connectivity index (χ0) is 21.8. The molecule has 1 aliphatic rings. The third-order valence-electron chi connectivity index (χ3n) is 5.21. The van der Waals surface area contributed by atoms with Gasteiger partial charge < -0.3 is 16.4 Å². The highest BCUT2D eigenvalue weighted by Gasteiger charge is 2.21. The molecular weight excluding hydrogens is 408 g/mol. The molecule has 1 amide bonds. The fourth-order valence-corrected chi connectivity index (χ4v) is 4.64. The summed E-state index contributed by atoms with van der Waals surface area (Å²) >= 11 is 1.48. The Morgan fingerprint density at radius 2 is 1.77 bits per heavy atom. The summed E-state index contributed by atoms with van der Waals surface area (Å²) in [5.41, 5.74) is 10.3. The number of aromatic nitrogens is 3. The molecule has 0 fully saturated rings. The van der Waals surface area contributed by atoms with Gasteiger partial charge in [0.1, 0.15) is 5.82 Å². The molecule has 3 aromatic rings. The van der Waals surface area contributed by atoms with Gasteiger partial charge >= 0.3 is 0 Å². The van der Waals surface area contributed by atoms with E-state index in [1.54, 1.807) is 0 Å². The van der Waals surface area contributed by atoms with Gasteiger partial charge in [0.2, 0.25) is 17.8 Å². The van der Waals surface area contributed by atoms with E-state index in [1.165, 1.54) is 29.3 Å². The minimum absolute atomic E-state index is 0.0422. The minimum atomic E-state index is -0.285. The number of nitrogens with one attached hydrogen (secondary N) is 2. The second kappa shape index (κ2) is 9.34. The maximum Gasteiger partial charge on any atom is 0.237 e. The van der Waals surface area contributed by atoms with Crippen molar-refractivity contribution in [2.24, 2.45) is 0 Å². The zero-order valence-electron chi connectivity index (χ0n) is 17.6. The summed E-state index contributed by atoms with van der Waals surface area (Å²) in [4.78, 5) is 25.7. The van der Waals surface area contributed by atoms with Crippen molar-refractivity contribution in [1.82, 2.24) is 15.0 Å². The van der Waals surface area contributed by atoms with Crippen LogP contribution >= 0.6 is 11.8 Å². The molecule has 1 heterocycles. The number of hydrogen-bond donors (Lipinski definition) is 3. The van der Waals surface area contributed by atoms with Crippen LogP contribution in [-0.4, -0.2) is 26.1 Å². The van der Waals surface area contributed by atoms with E-state index in [9.17, 15) is 4.79 Å². The topological polar surface area (TPSA) is 106 Å². The van der Waals surface area contributed by atoms with Crippen LogP contribution in [0, 0.1) is 0 Å². The number of hydrogen-bond acceptors (Lipinski definition) is 7. The standard InChI is InChI=1S/C23H26N6OS/c1-14(20-27-22(24)29-23(28-20)26-18-9-4-3-5-10-18)31-15(2)21(30)25-19-12-11-16-7-6-8-17(16)13-19/h3-5,9-15H,6-8H2,1-2H3,(H,25,30)(H3,24,26,27,28,29)/t14-,15-/m0/s1. The molecule has 0 saturated carbocycles. The summed E-state index contributed by atoms with van der Waals surface area (Å²) in [5.74, 6) is 1.02. The zero-order valence-corrected chi connectivity index (χ0v) is 18.4. The van der Waals surface area contributed by atoms with Crippen molar-refractivity contribution in [3.8, 4) is 0 Å². The average Bonchev–Trinajstić information content (AvgIpc) is 3.22. The van der Waals surface area contributed by atoms with Crippen LogP contribution in [0.1, 0.15) is 42.5 Å². The summed E-state index contributed by atoms with van der Waals surface area (Å²) in [6.45, 7) is 3.85. The first-order chi connectivity index (χ1) is 15.0. The Labute approximate surface area is 186 Å². The average molecular weight is 435 g/mol. The normalized spacial score (nSPS) is 14.5. The van der Waals surface area contributed by atoms with Crippen molar-refractivity contribution in [3.05, 3.63) is 65.5 Å². The van der Waals surface area contributed by atoms with Crippen molar-refractivity contribution >= 4 is 40.9 Å². The van der Waals surface area contributed by atoms with Gasteiger partial charge in [-0.15, -0.1) is 11.8 Å². The summed E-state index contributed by atoms with van der Waals surface area (Å²) < 4.78 is 0. The molecule has 7 nitrogen and oxygen atoms in total. The van der Waals surface area contributed by atoms with Crippen LogP contribution in [0.15, 0.2) is 48.5 Å². The number of nitrogen functional groups attached to an aromatic ring is 1. The summed E-state index contributed by atoms with van der Waals surface area (Å²) in [7, 11) is 0. The number of nitrogens with zero attached hydrogens (tertiary/aromatic N) is 3. The number of carbonyl (C=O) groups is 1. The number of fused-ring (bicyclic) bond motifs is 1. The van der Waals surface area contributed by atoms with Crippen molar-refractivity contribution in [1.29, 1.82) is 0 Å². The molecular formula is C23H26N6OS. The SMILES string of the molecule is C[C@H](S[C@@H](C)c1nc(N)nc(Nc2ccccc2)n1)C(=O)Nc1ccc2c(c1)CCC2. The molecule has 0 saturated heterocycles. The third-order valence-corrected chi connectivity index (χ3v) is 6.45. The number of anilines is 4. The van der Waals surface area contributed by atoms with E-state index in [0.717, 1.165) is 24.2 Å². The van der Waals surface area contributed by atoms with Crippen molar-refractivity contribution in [2.45, 2.75) is 43.6 Å². The van der Waals surface area contributed by atoms with Crippen LogP contribution in [0.5, 0.6) is 0 Å². The van der Waals surface area contributed by atoms with Crippen LogP contribution in [0.2, 0.25) is 0 Å². The van der Waals surface area contributed by atoms with Crippen LogP contribution in [-0.2, 0) is 17.6 Å². The second-order valence-electron chi connectivity index (χ2n) is 7.61. The van der Waals surface area contributed by atoms with Crippen LogP contribution in [0.25, 0.3) is 0 Å². The Kier molecular flexibility index (Phi) is 6.36. The van der Waals surface area contributed by atoms with E-state index >= 15 is 0 Å². The number of carbonyl (C=O) groups excluding carboxylic acids is 1. The molecule has 1 aromatic heterocycles. The lowest BCUT2D eigenvalue weighted by Crippen LogP contribution is -2.23. The maximum atomic E-state index is 12.7. The van der Waals surface area contributed by atoms with Gasteiger partial charge in [-0.3, -0.25) is 4.79 Å². The quantitative estimate of drug-likeness (QED) is 0.502. The predicted molar refractivity (Wildman–Crippen MR) is 127 cm³/mol. The smallest absolute Gasteiger partial charge is 0.237 e. The monoisotopic (exact) mass is 434 g/mol. The molecule has 0 unspecified atom stereocenters. The minimum Gasteiger partial charge on any atom is -0.368 e. The first kappa shape index (κ1) is 21.1. The largest absolute Gasteiger partial charge is 0.368 e. The fourth-order valence-electron chi connectivity index (χ4n) is 3.62. The Morgan fingerprint density at radius 3 is 2.58 bits per heavy atom. The van der Waals surface area contributed by atoms with Gasteiger partial charge in [-0.25, -0.2) is 0 Å². The van der Waals surface area contributed by atoms with E-state index in [0.29, 0.717) is 11.8 Å². The summed E-state index contributed by atoms with van der Waals surface area (Å²) in [6, 6.07) is 15.8. The van der Waals surface area contributed by atoms with Crippen molar-refractivity contribution in [2.75, 3.05) is 16.4 Å². The molecule has 0 bridgehead atoms. The van der Waals surface area contributed by atoms with Crippen LogP contribution in [0.3, 0.4) is 0 Å². The summed E-state index contributed by atoms with van der Waals surface area (Å²) in [5, 5.41) is 5.75. The van der Waals surface area contributed by atoms with Crippen molar-refractivity contribution < 1.29 is 4.79 Å². The van der Waals surface area contributed by atoms with Gasteiger partial charge in [-0.2, -0.15) is 15.0 Å². The lowest BCUT2D eigenvalue weighted by Gasteiger charge is -2.17. The number of para-hydroxylation sites is 1. The molecule has 2 atom stereocenters. The maximum absolute atomic E-state index is 12.7. The Morgan fingerprint density at radius 1 is 1.00 bits per heavy atom. The van der Waals surface area contributed by atoms with Gasteiger partial charge in [0.25, 0.3) is 0 Å². The highest BCUT2D eigenvalue weighted by atomic mass is 32.2. The first-order valence-electron chi connectivity index (χ1n) is 10.4. The molecule has 0 radical (unpaired) electrons. The third kappa shape index (κ3) is 5.32.